The van der Waals surface area contributed by atoms with Crippen LogP contribution in [0.15, 0.2) is 59.6 Å². The van der Waals surface area contributed by atoms with Gasteiger partial charge in [0.05, 0.1) is 28.2 Å². The van der Waals surface area contributed by atoms with Gasteiger partial charge in [0.2, 0.25) is 10.0 Å². The molecule has 0 aliphatic carbocycles. The normalized spacial score (nSPS) is 15.2. The van der Waals surface area contributed by atoms with Gasteiger partial charge < -0.3 is 4.90 Å². The molecule has 4 rings (SSSR count). The van der Waals surface area contributed by atoms with Gasteiger partial charge in [-0.25, -0.2) is 13.1 Å². The number of hydrogen-bond donors (Lipinski definition) is 0. The van der Waals surface area contributed by atoms with Gasteiger partial charge >= 0.3 is 0 Å². The highest BCUT2D eigenvalue weighted by Crippen LogP contribution is 2.26. The molecule has 7 nitrogen and oxygen atoms in total. The van der Waals surface area contributed by atoms with Crippen LogP contribution in [0.1, 0.15) is 23.0 Å². The van der Waals surface area contributed by atoms with Crippen LogP contribution in [-0.4, -0.2) is 59.5 Å². The molecule has 0 N–H and O–H groups in total. The maximum atomic E-state index is 13.2. The van der Waals surface area contributed by atoms with E-state index in [0.717, 1.165) is 11.4 Å². The highest BCUT2D eigenvalue weighted by Gasteiger charge is 2.32. The summed E-state index contributed by atoms with van der Waals surface area (Å²) in [5, 5.41) is 5.18. The zero-order valence-corrected chi connectivity index (χ0v) is 19.7. The quantitative estimate of drug-likeness (QED) is 0.541. The van der Waals surface area contributed by atoms with Gasteiger partial charge in [0, 0.05) is 31.2 Å². The fourth-order valence-corrected chi connectivity index (χ4v) is 5.92. The Labute approximate surface area is 197 Å². The SMILES string of the molecule is CCc1c(C(=O)N2CCN(S(=O)(=O)c3ccccc3Cl)CC2)cnn1-c1cccc(Cl)c1. The van der Waals surface area contributed by atoms with Gasteiger partial charge in [-0.1, -0.05) is 48.3 Å². The first-order chi connectivity index (χ1) is 15.3. The van der Waals surface area contributed by atoms with E-state index in [1.807, 2.05) is 19.1 Å². The highest BCUT2D eigenvalue weighted by atomic mass is 35.5. The molecule has 32 heavy (non-hydrogen) atoms. The van der Waals surface area contributed by atoms with Crippen molar-refractivity contribution in [2.45, 2.75) is 18.2 Å². The zero-order chi connectivity index (χ0) is 22.9. The molecule has 3 aromatic rings. The lowest BCUT2D eigenvalue weighted by molar-refractivity contribution is 0.0696. The second kappa shape index (κ2) is 9.23. The number of benzene rings is 2. The van der Waals surface area contributed by atoms with Gasteiger partial charge in [-0.05, 0) is 36.8 Å². The largest absolute Gasteiger partial charge is 0.336 e. The van der Waals surface area contributed by atoms with E-state index in [4.69, 9.17) is 23.2 Å². The van der Waals surface area contributed by atoms with Crippen molar-refractivity contribution in [1.82, 2.24) is 19.0 Å². The number of carbonyl (C=O) groups excluding carboxylic acids is 1. The molecule has 0 spiro atoms. The second-order valence-corrected chi connectivity index (χ2v) is 10.1. The maximum absolute atomic E-state index is 13.2. The first kappa shape index (κ1) is 22.8. The van der Waals surface area contributed by atoms with Crippen LogP contribution < -0.4 is 0 Å². The topological polar surface area (TPSA) is 75.5 Å². The Kier molecular flexibility index (Phi) is 6.57. The van der Waals surface area contributed by atoms with Gasteiger partial charge in [-0.3, -0.25) is 4.79 Å². The van der Waals surface area contributed by atoms with E-state index in [1.165, 1.54) is 10.4 Å². The summed E-state index contributed by atoms with van der Waals surface area (Å²) in [5.41, 5.74) is 2.07. The molecule has 1 fully saturated rings. The number of amides is 1. The average Bonchev–Trinajstić information content (AvgIpc) is 3.23. The maximum Gasteiger partial charge on any atom is 0.257 e. The number of hydrogen-bond acceptors (Lipinski definition) is 4. The van der Waals surface area contributed by atoms with Gasteiger partial charge in [-0.15, -0.1) is 0 Å². The number of nitrogens with zero attached hydrogens (tertiary/aromatic N) is 4. The smallest absolute Gasteiger partial charge is 0.257 e. The molecule has 1 saturated heterocycles. The van der Waals surface area contributed by atoms with Crippen LogP contribution in [0.25, 0.3) is 5.69 Å². The number of sulfonamides is 1. The number of rotatable bonds is 5. The summed E-state index contributed by atoms with van der Waals surface area (Å²) in [6.07, 6.45) is 2.17. The minimum absolute atomic E-state index is 0.0810. The molecule has 10 heteroatoms. The van der Waals surface area contributed by atoms with E-state index >= 15 is 0 Å². The van der Waals surface area contributed by atoms with Crippen LogP contribution in [0.4, 0.5) is 0 Å². The van der Waals surface area contributed by atoms with Crippen LogP contribution in [-0.2, 0) is 16.4 Å². The Bertz CT molecular complexity index is 1250. The Balaban J connectivity index is 1.51. The summed E-state index contributed by atoms with van der Waals surface area (Å²) in [7, 11) is -3.72. The molecule has 2 aromatic carbocycles. The summed E-state index contributed by atoms with van der Waals surface area (Å²) in [6.45, 7) is 2.93. The standard InChI is InChI=1S/C22H22Cl2N4O3S/c1-2-20-18(15-25-28(20)17-7-5-6-16(23)14-17)22(29)26-10-12-27(13-11-26)32(30,31)21-9-4-3-8-19(21)24/h3-9,14-15H,2,10-13H2,1H3. The molecule has 0 unspecified atom stereocenters. The van der Waals surface area contributed by atoms with Crippen LogP contribution in [0, 0.1) is 0 Å². The molecule has 0 atom stereocenters. The van der Waals surface area contributed by atoms with Crippen molar-refractivity contribution >= 4 is 39.1 Å². The number of piperazine rings is 1. The van der Waals surface area contributed by atoms with Crippen molar-refractivity contribution in [1.29, 1.82) is 0 Å². The molecule has 0 saturated carbocycles. The van der Waals surface area contributed by atoms with E-state index in [-0.39, 0.29) is 42.0 Å². The van der Waals surface area contributed by atoms with Crippen molar-refractivity contribution in [3.05, 3.63) is 76.0 Å². The first-order valence-electron chi connectivity index (χ1n) is 10.2. The van der Waals surface area contributed by atoms with E-state index in [2.05, 4.69) is 5.10 Å². The molecule has 0 bridgehead atoms. The van der Waals surface area contributed by atoms with Crippen molar-refractivity contribution in [2.24, 2.45) is 0 Å². The van der Waals surface area contributed by atoms with Crippen LogP contribution >= 0.6 is 23.2 Å². The fraction of sp³-hybridized carbons (Fsp3) is 0.273. The molecule has 1 aromatic heterocycles. The lowest BCUT2D eigenvalue weighted by atomic mass is 10.1. The molecular weight excluding hydrogens is 471 g/mol. The second-order valence-electron chi connectivity index (χ2n) is 7.38. The van der Waals surface area contributed by atoms with Crippen molar-refractivity contribution in [3.8, 4) is 5.69 Å². The lowest BCUT2D eigenvalue weighted by Gasteiger charge is -2.34. The van der Waals surface area contributed by atoms with E-state index in [0.29, 0.717) is 17.0 Å². The molecule has 1 aliphatic rings. The number of halogens is 2. The predicted octanol–water partition coefficient (Wildman–Crippen LogP) is 3.89. The summed E-state index contributed by atoms with van der Waals surface area (Å²) in [5.74, 6) is -0.162. The van der Waals surface area contributed by atoms with Crippen molar-refractivity contribution < 1.29 is 13.2 Å². The minimum Gasteiger partial charge on any atom is -0.336 e. The molecule has 1 amide bonds. The number of aromatic nitrogens is 2. The van der Waals surface area contributed by atoms with Gasteiger partial charge in [0.1, 0.15) is 4.90 Å². The number of carbonyl (C=O) groups is 1. The third-order valence-electron chi connectivity index (χ3n) is 5.47. The predicted molar refractivity (Wildman–Crippen MR) is 124 cm³/mol. The summed E-state index contributed by atoms with van der Waals surface area (Å²) >= 11 is 12.2. The Morgan fingerprint density at radius 2 is 1.75 bits per heavy atom. The molecular formula is C22H22Cl2N4O3S. The third-order valence-corrected chi connectivity index (χ3v) is 8.10. The average molecular weight is 493 g/mol. The Morgan fingerprint density at radius 3 is 2.41 bits per heavy atom. The van der Waals surface area contributed by atoms with Crippen molar-refractivity contribution in [2.75, 3.05) is 26.2 Å². The fourth-order valence-electron chi connectivity index (χ4n) is 3.82. The summed E-state index contributed by atoms with van der Waals surface area (Å²) in [4.78, 5) is 15.0. The zero-order valence-electron chi connectivity index (χ0n) is 17.4. The summed E-state index contributed by atoms with van der Waals surface area (Å²) in [6, 6.07) is 13.7. The Hall–Kier alpha value is -2.39. The Morgan fingerprint density at radius 1 is 1.03 bits per heavy atom. The van der Waals surface area contributed by atoms with Crippen LogP contribution in [0.2, 0.25) is 10.0 Å². The first-order valence-corrected chi connectivity index (χ1v) is 12.4. The summed E-state index contributed by atoms with van der Waals surface area (Å²) < 4.78 is 29.0. The van der Waals surface area contributed by atoms with E-state index in [9.17, 15) is 13.2 Å². The molecule has 168 valence electrons. The van der Waals surface area contributed by atoms with E-state index in [1.54, 1.807) is 46.1 Å². The monoisotopic (exact) mass is 492 g/mol. The lowest BCUT2D eigenvalue weighted by Crippen LogP contribution is -2.50. The van der Waals surface area contributed by atoms with Gasteiger partial charge in [0.25, 0.3) is 5.91 Å². The third kappa shape index (κ3) is 4.28. The van der Waals surface area contributed by atoms with Gasteiger partial charge in [0.15, 0.2) is 0 Å². The van der Waals surface area contributed by atoms with Crippen LogP contribution in [0.5, 0.6) is 0 Å². The highest BCUT2D eigenvalue weighted by molar-refractivity contribution is 7.89. The molecule has 1 aliphatic heterocycles. The minimum atomic E-state index is -3.72. The van der Waals surface area contributed by atoms with Gasteiger partial charge in [-0.2, -0.15) is 9.40 Å². The van der Waals surface area contributed by atoms with Crippen LogP contribution in [0.3, 0.4) is 0 Å². The van der Waals surface area contributed by atoms with Crippen molar-refractivity contribution in [3.63, 3.8) is 0 Å². The molecule has 0 radical (unpaired) electrons. The van der Waals surface area contributed by atoms with E-state index < -0.39 is 10.0 Å². The molecule has 2 heterocycles.